The first-order chi connectivity index (χ1) is 15.6. The van der Waals surface area contributed by atoms with Crippen LogP contribution >= 0.6 is 11.6 Å². The molecule has 2 aromatic heterocycles. The molecule has 2 aromatic carbocycles. The van der Waals surface area contributed by atoms with E-state index in [-0.39, 0.29) is 11.7 Å². The van der Waals surface area contributed by atoms with E-state index in [9.17, 15) is 4.39 Å². The third-order valence-electron chi connectivity index (χ3n) is 6.67. The van der Waals surface area contributed by atoms with Crippen molar-refractivity contribution in [3.05, 3.63) is 81.3 Å². The van der Waals surface area contributed by atoms with Crippen LogP contribution in [-0.4, -0.2) is 21.5 Å². The average Bonchev–Trinajstić information content (AvgIpc) is 3.22. The molecule has 1 aliphatic carbocycles. The fourth-order valence-corrected chi connectivity index (χ4v) is 5.26. The van der Waals surface area contributed by atoms with Crippen molar-refractivity contribution in [3.63, 3.8) is 0 Å². The molecule has 5 rings (SSSR count). The van der Waals surface area contributed by atoms with Gasteiger partial charge in [-0.3, -0.25) is 4.98 Å². The molecule has 0 aliphatic heterocycles. The van der Waals surface area contributed by atoms with Crippen LogP contribution in [0, 0.1) is 11.7 Å². The van der Waals surface area contributed by atoms with Gasteiger partial charge in [0, 0.05) is 34.0 Å². The van der Waals surface area contributed by atoms with Crippen LogP contribution in [0.1, 0.15) is 48.9 Å². The fourth-order valence-electron chi connectivity index (χ4n) is 5.09. The number of fused-ring (bicyclic) bond motifs is 2. The van der Waals surface area contributed by atoms with Crippen LogP contribution in [0.3, 0.4) is 0 Å². The van der Waals surface area contributed by atoms with Gasteiger partial charge in [-0.2, -0.15) is 0 Å². The molecule has 1 aliphatic rings. The smallest absolute Gasteiger partial charge is 0.123 e. The Morgan fingerprint density at radius 2 is 1.94 bits per heavy atom. The lowest BCUT2D eigenvalue weighted by atomic mass is 9.73. The van der Waals surface area contributed by atoms with Crippen LogP contribution in [0.5, 0.6) is 0 Å². The molecule has 0 saturated heterocycles. The maximum absolute atomic E-state index is 13.9. The molecule has 162 valence electrons. The van der Waals surface area contributed by atoms with E-state index in [1.54, 1.807) is 12.1 Å². The summed E-state index contributed by atoms with van der Waals surface area (Å²) in [5.74, 6) is 1.32. The molecule has 1 saturated carbocycles. The van der Waals surface area contributed by atoms with Crippen molar-refractivity contribution in [3.8, 4) is 0 Å². The second kappa shape index (κ2) is 8.77. The molecular formula is C24H22ClFN6. The molecule has 1 N–H and O–H groups in total. The van der Waals surface area contributed by atoms with Crippen molar-refractivity contribution in [1.82, 2.24) is 15.0 Å². The van der Waals surface area contributed by atoms with Gasteiger partial charge < -0.3 is 4.98 Å². The van der Waals surface area contributed by atoms with Gasteiger partial charge in [-0.1, -0.05) is 16.7 Å². The Hall–Kier alpha value is -3.15. The number of pyridine rings is 1. The quantitative estimate of drug-likeness (QED) is 0.197. The van der Waals surface area contributed by atoms with E-state index in [0.717, 1.165) is 59.0 Å². The number of hydrogen-bond acceptors (Lipinski definition) is 3. The second-order valence-corrected chi connectivity index (χ2v) is 8.91. The first-order valence-corrected chi connectivity index (χ1v) is 11.2. The number of aromatic nitrogens is 3. The van der Waals surface area contributed by atoms with Crippen LogP contribution in [0.2, 0.25) is 5.02 Å². The summed E-state index contributed by atoms with van der Waals surface area (Å²) in [6, 6.07) is 12.4. The minimum atomic E-state index is -0.236. The monoisotopic (exact) mass is 448 g/mol. The van der Waals surface area contributed by atoms with E-state index < -0.39 is 0 Å². The van der Waals surface area contributed by atoms with E-state index in [1.165, 1.54) is 6.07 Å². The van der Waals surface area contributed by atoms with Crippen molar-refractivity contribution in [2.75, 3.05) is 6.54 Å². The number of H-pyrrole nitrogens is 1. The Kier molecular flexibility index (Phi) is 5.68. The molecule has 4 aromatic rings. The summed E-state index contributed by atoms with van der Waals surface area (Å²) in [4.78, 5) is 15.5. The molecule has 2 heterocycles. The first-order valence-electron chi connectivity index (χ1n) is 10.8. The first kappa shape index (κ1) is 20.7. The number of benzene rings is 2. The van der Waals surface area contributed by atoms with Crippen molar-refractivity contribution in [2.24, 2.45) is 11.0 Å². The summed E-state index contributed by atoms with van der Waals surface area (Å²) in [7, 11) is 0. The summed E-state index contributed by atoms with van der Waals surface area (Å²) < 4.78 is 13.9. The van der Waals surface area contributed by atoms with Gasteiger partial charge in [0.1, 0.15) is 11.6 Å². The molecular weight excluding hydrogens is 427 g/mol. The molecule has 0 amide bonds. The minimum absolute atomic E-state index is 0.0182. The highest BCUT2D eigenvalue weighted by atomic mass is 35.5. The standard InChI is InChI=1S/C24H22ClFN6/c25-16-5-7-22-23(11-16)31-24(30-22)20(13-29-32-27)15-3-1-14(2-4-15)18-9-10-28-21-8-6-17(26)12-19(18)21/h5-12,14-15,20H,1-4,13H2,(H,30,31)/t14?,15?,20-/m1/s1. The highest BCUT2D eigenvalue weighted by Gasteiger charge is 2.31. The Morgan fingerprint density at radius 3 is 2.75 bits per heavy atom. The Labute approximate surface area is 189 Å². The maximum Gasteiger partial charge on any atom is 0.123 e. The van der Waals surface area contributed by atoms with Gasteiger partial charge >= 0.3 is 0 Å². The molecule has 8 heteroatoms. The number of hydrogen-bond donors (Lipinski definition) is 1. The number of rotatable bonds is 5. The van der Waals surface area contributed by atoms with Gasteiger partial charge in [-0.25, -0.2) is 9.37 Å². The number of aromatic amines is 1. The lowest BCUT2D eigenvalue weighted by molar-refractivity contribution is 0.279. The molecule has 1 atom stereocenters. The molecule has 6 nitrogen and oxygen atoms in total. The topological polar surface area (TPSA) is 90.3 Å². The molecule has 32 heavy (non-hydrogen) atoms. The van der Waals surface area contributed by atoms with Gasteiger partial charge in [0.25, 0.3) is 0 Å². The van der Waals surface area contributed by atoms with Crippen LogP contribution < -0.4 is 0 Å². The predicted molar refractivity (Wildman–Crippen MR) is 124 cm³/mol. The van der Waals surface area contributed by atoms with E-state index >= 15 is 0 Å². The van der Waals surface area contributed by atoms with Crippen LogP contribution in [0.15, 0.2) is 53.8 Å². The normalized spacial score (nSPS) is 19.7. The number of imidazole rings is 1. The summed E-state index contributed by atoms with van der Waals surface area (Å²) in [6.07, 6.45) is 5.74. The number of nitrogens with one attached hydrogen (secondary N) is 1. The average molecular weight is 449 g/mol. The van der Waals surface area contributed by atoms with Gasteiger partial charge in [0.05, 0.1) is 16.6 Å². The lowest BCUT2D eigenvalue weighted by Gasteiger charge is -2.33. The third kappa shape index (κ3) is 4.01. The van der Waals surface area contributed by atoms with E-state index in [4.69, 9.17) is 22.1 Å². The van der Waals surface area contributed by atoms with Gasteiger partial charge in [0.2, 0.25) is 0 Å². The summed E-state index contributed by atoms with van der Waals surface area (Å²) >= 11 is 6.12. The summed E-state index contributed by atoms with van der Waals surface area (Å²) in [6.45, 7) is 0.364. The molecule has 0 bridgehead atoms. The van der Waals surface area contributed by atoms with Gasteiger partial charge in [-0.05, 0) is 91.1 Å². The largest absolute Gasteiger partial charge is 0.342 e. The number of halogens is 2. The third-order valence-corrected chi connectivity index (χ3v) is 6.91. The van der Waals surface area contributed by atoms with E-state index in [2.05, 4.69) is 20.0 Å². The van der Waals surface area contributed by atoms with E-state index in [0.29, 0.717) is 23.4 Å². The summed E-state index contributed by atoms with van der Waals surface area (Å²) in [5, 5.41) is 5.44. The van der Waals surface area contributed by atoms with Crippen LogP contribution in [0.4, 0.5) is 4.39 Å². The maximum atomic E-state index is 13.9. The van der Waals surface area contributed by atoms with E-state index in [1.807, 2.05) is 30.5 Å². The summed E-state index contributed by atoms with van der Waals surface area (Å²) in [5.41, 5.74) is 12.7. The zero-order valence-electron chi connectivity index (χ0n) is 17.4. The SMILES string of the molecule is [N-]=[N+]=NC[C@@H](c1nc2ccc(Cl)cc2[nH]1)C1CCC(c2ccnc3ccc(F)cc23)CC1. The Balaban J connectivity index is 1.39. The predicted octanol–water partition coefficient (Wildman–Crippen LogP) is 7.27. The number of nitrogens with zero attached hydrogens (tertiary/aromatic N) is 5. The highest BCUT2D eigenvalue weighted by molar-refractivity contribution is 6.31. The Morgan fingerprint density at radius 1 is 1.12 bits per heavy atom. The van der Waals surface area contributed by atoms with Gasteiger partial charge in [0.15, 0.2) is 0 Å². The zero-order chi connectivity index (χ0) is 22.1. The van der Waals surface area contributed by atoms with Crippen molar-refractivity contribution in [2.45, 2.75) is 37.5 Å². The fraction of sp³-hybridized carbons (Fsp3) is 0.333. The molecule has 1 fully saturated rings. The van der Waals surface area contributed by atoms with Crippen molar-refractivity contribution in [1.29, 1.82) is 0 Å². The van der Waals surface area contributed by atoms with Crippen molar-refractivity contribution < 1.29 is 4.39 Å². The molecule has 0 spiro atoms. The number of azide groups is 1. The van der Waals surface area contributed by atoms with Crippen LogP contribution in [-0.2, 0) is 0 Å². The zero-order valence-corrected chi connectivity index (χ0v) is 18.1. The molecule has 0 radical (unpaired) electrons. The van der Waals surface area contributed by atoms with Crippen molar-refractivity contribution >= 4 is 33.5 Å². The highest BCUT2D eigenvalue weighted by Crippen LogP contribution is 2.43. The van der Waals surface area contributed by atoms with Crippen LogP contribution in [0.25, 0.3) is 32.4 Å². The Bertz CT molecular complexity index is 1320. The minimum Gasteiger partial charge on any atom is -0.342 e. The lowest BCUT2D eigenvalue weighted by Crippen LogP contribution is -2.22. The van der Waals surface area contributed by atoms with Gasteiger partial charge in [-0.15, -0.1) is 0 Å². The molecule has 0 unspecified atom stereocenters. The second-order valence-electron chi connectivity index (χ2n) is 8.48.